The minimum absolute atomic E-state index is 0.274. The fraction of sp³-hybridized carbons (Fsp3) is 0.0588. The second-order valence-electron chi connectivity index (χ2n) is 5.43. The standard InChI is InChI=1S/C17H11Cl2N5/c18-9-5-6-10(12(19)7-9)15-11(8-20)16(21)23-17-22-13-3-1-2-4-14(13)24(15)17/h1-7,15H,21H2,(H,22,23). The van der Waals surface area contributed by atoms with Gasteiger partial charge in [0.15, 0.2) is 0 Å². The largest absolute Gasteiger partial charge is 0.384 e. The van der Waals surface area contributed by atoms with E-state index in [0.29, 0.717) is 21.6 Å². The molecule has 1 unspecified atom stereocenters. The van der Waals surface area contributed by atoms with Crippen LogP contribution in [0.3, 0.4) is 0 Å². The number of nitrogens with two attached hydrogens (primary N) is 1. The summed E-state index contributed by atoms with van der Waals surface area (Å²) in [5, 5.41) is 13.6. The van der Waals surface area contributed by atoms with Crippen LogP contribution in [0.15, 0.2) is 53.9 Å². The summed E-state index contributed by atoms with van der Waals surface area (Å²) in [6.45, 7) is 0. The van der Waals surface area contributed by atoms with Crippen molar-refractivity contribution in [2.75, 3.05) is 5.32 Å². The van der Waals surface area contributed by atoms with Crippen LogP contribution in [0.5, 0.6) is 0 Å². The maximum absolute atomic E-state index is 9.64. The van der Waals surface area contributed by atoms with Crippen molar-refractivity contribution in [3.8, 4) is 6.07 Å². The second-order valence-corrected chi connectivity index (χ2v) is 6.27. The van der Waals surface area contributed by atoms with Crippen LogP contribution in [0, 0.1) is 11.3 Å². The molecule has 7 heteroatoms. The number of hydrogen-bond acceptors (Lipinski definition) is 4. The number of nitrogens with one attached hydrogen (secondary N) is 1. The first-order valence-electron chi connectivity index (χ1n) is 7.19. The van der Waals surface area contributed by atoms with Gasteiger partial charge in [0.1, 0.15) is 17.9 Å². The van der Waals surface area contributed by atoms with Crippen LogP contribution < -0.4 is 11.1 Å². The normalized spacial score (nSPS) is 16.6. The average Bonchev–Trinajstić information content (AvgIpc) is 2.91. The molecule has 4 rings (SSSR count). The molecule has 5 nitrogen and oxygen atoms in total. The minimum Gasteiger partial charge on any atom is -0.384 e. The summed E-state index contributed by atoms with van der Waals surface area (Å²) in [5.74, 6) is 0.847. The molecule has 3 aromatic rings. The zero-order chi connectivity index (χ0) is 16.8. The third-order valence-electron chi connectivity index (χ3n) is 4.04. The fourth-order valence-electron chi connectivity index (χ4n) is 3.00. The van der Waals surface area contributed by atoms with E-state index in [-0.39, 0.29) is 5.82 Å². The lowest BCUT2D eigenvalue weighted by Gasteiger charge is -2.28. The third-order valence-corrected chi connectivity index (χ3v) is 4.60. The molecule has 1 aliphatic heterocycles. The lowest BCUT2D eigenvalue weighted by atomic mass is 9.97. The molecular weight excluding hydrogens is 345 g/mol. The quantitative estimate of drug-likeness (QED) is 0.689. The number of fused-ring (bicyclic) bond motifs is 3. The number of para-hydroxylation sites is 2. The Hall–Kier alpha value is -2.68. The Kier molecular flexibility index (Phi) is 3.38. The van der Waals surface area contributed by atoms with Crippen LogP contribution in [0.1, 0.15) is 11.6 Å². The smallest absolute Gasteiger partial charge is 0.210 e. The van der Waals surface area contributed by atoms with Crippen molar-refractivity contribution in [1.29, 1.82) is 5.26 Å². The monoisotopic (exact) mass is 355 g/mol. The summed E-state index contributed by atoms with van der Waals surface area (Å²) in [4.78, 5) is 4.55. The molecule has 0 fully saturated rings. The number of nitrogens with zero attached hydrogens (tertiary/aromatic N) is 3. The second kappa shape index (κ2) is 5.45. The number of allylic oxidation sites excluding steroid dienone is 1. The van der Waals surface area contributed by atoms with Gasteiger partial charge >= 0.3 is 0 Å². The average molecular weight is 356 g/mol. The van der Waals surface area contributed by atoms with Crippen LogP contribution in [-0.2, 0) is 0 Å². The molecule has 3 N–H and O–H groups in total. The summed E-state index contributed by atoms with van der Waals surface area (Å²) < 4.78 is 1.93. The zero-order valence-corrected chi connectivity index (χ0v) is 13.8. The number of imidazole rings is 1. The molecular formula is C17H11Cl2N5. The van der Waals surface area contributed by atoms with Gasteiger partial charge < -0.3 is 11.1 Å². The van der Waals surface area contributed by atoms with E-state index in [9.17, 15) is 5.26 Å². The van der Waals surface area contributed by atoms with Crippen molar-refractivity contribution < 1.29 is 0 Å². The Morgan fingerprint density at radius 2 is 2.00 bits per heavy atom. The van der Waals surface area contributed by atoms with Gasteiger partial charge in [-0.15, -0.1) is 0 Å². The molecule has 0 bridgehead atoms. The highest BCUT2D eigenvalue weighted by Crippen LogP contribution is 2.40. The van der Waals surface area contributed by atoms with E-state index >= 15 is 0 Å². The molecule has 1 aliphatic rings. The van der Waals surface area contributed by atoms with Gasteiger partial charge in [0.25, 0.3) is 0 Å². The van der Waals surface area contributed by atoms with Gasteiger partial charge in [0, 0.05) is 10.0 Å². The summed E-state index contributed by atoms with van der Waals surface area (Å²) in [6.07, 6.45) is 0. The van der Waals surface area contributed by atoms with Crippen LogP contribution in [0.2, 0.25) is 10.0 Å². The number of aromatic nitrogens is 2. The lowest BCUT2D eigenvalue weighted by molar-refractivity contribution is 0.681. The Morgan fingerprint density at radius 1 is 1.21 bits per heavy atom. The molecule has 0 amide bonds. The number of rotatable bonds is 1. The molecule has 0 saturated carbocycles. The molecule has 118 valence electrons. The van der Waals surface area contributed by atoms with Crippen molar-refractivity contribution >= 4 is 40.2 Å². The topological polar surface area (TPSA) is 79.7 Å². The van der Waals surface area contributed by atoms with Crippen molar-refractivity contribution in [1.82, 2.24) is 9.55 Å². The van der Waals surface area contributed by atoms with Crippen molar-refractivity contribution in [2.45, 2.75) is 6.04 Å². The summed E-state index contributed by atoms with van der Waals surface area (Å²) in [7, 11) is 0. The molecule has 2 aromatic carbocycles. The Bertz CT molecular complexity index is 1040. The Balaban J connectivity index is 2.05. The lowest BCUT2D eigenvalue weighted by Crippen LogP contribution is -2.27. The SMILES string of the molecule is N#CC1=C(N)Nc2nc3ccccc3n2C1c1ccc(Cl)cc1Cl. The number of anilines is 1. The summed E-state index contributed by atoms with van der Waals surface area (Å²) in [5.41, 5.74) is 8.88. The van der Waals surface area contributed by atoms with E-state index in [1.54, 1.807) is 12.1 Å². The Morgan fingerprint density at radius 3 is 2.75 bits per heavy atom. The van der Waals surface area contributed by atoms with E-state index in [1.807, 2.05) is 34.9 Å². The highest BCUT2D eigenvalue weighted by atomic mass is 35.5. The van der Waals surface area contributed by atoms with Gasteiger partial charge in [-0.25, -0.2) is 4.98 Å². The van der Waals surface area contributed by atoms with E-state index in [2.05, 4.69) is 16.4 Å². The molecule has 1 aromatic heterocycles. The van der Waals surface area contributed by atoms with Gasteiger partial charge in [-0.3, -0.25) is 4.57 Å². The van der Waals surface area contributed by atoms with E-state index < -0.39 is 6.04 Å². The molecule has 1 atom stereocenters. The highest BCUT2D eigenvalue weighted by Gasteiger charge is 2.32. The molecule has 0 saturated heterocycles. The first-order chi connectivity index (χ1) is 11.6. The van der Waals surface area contributed by atoms with Gasteiger partial charge in [-0.05, 0) is 29.8 Å². The third kappa shape index (κ3) is 2.12. The first kappa shape index (κ1) is 14.9. The van der Waals surface area contributed by atoms with Crippen molar-refractivity contribution in [3.63, 3.8) is 0 Å². The number of benzene rings is 2. The number of hydrogen-bond donors (Lipinski definition) is 2. The van der Waals surface area contributed by atoms with Crippen LogP contribution >= 0.6 is 23.2 Å². The highest BCUT2D eigenvalue weighted by molar-refractivity contribution is 6.35. The van der Waals surface area contributed by atoms with Gasteiger partial charge in [0.05, 0.1) is 16.6 Å². The van der Waals surface area contributed by atoms with E-state index in [1.165, 1.54) is 0 Å². The van der Waals surface area contributed by atoms with E-state index in [0.717, 1.165) is 16.6 Å². The van der Waals surface area contributed by atoms with Crippen molar-refractivity contribution in [2.24, 2.45) is 5.73 Å². The minimum atomic E-state index is -0.469. The molecule has 0 aliphatic carbocycles. The number of halogens is 2. The number of nitriles is 1. The zero-order valence-electron chi connectivity index (χ0n) is 12.3. The van der Waals surface area contributed by atoms with Gasteiger partial charge in [-0.1, -0.05) is 41.4 Å². The maximum atomic E-state index is 9.64. The molecule has 0 radical (unpaired) electrons. The van der Waals surface area contributed by atoms with E-state index in [4.69, 9.17) is 28.9 Å². The Labute approximate surface area is 147 Å². The van der Waals surface area contributed by atoms with Crippen molar-refractivity contribution in [3.05, 3.63) is 69.5 Å². The summed E-state index contributed by atoms with van der Waals surface area (Å²) >= 11 is 12.4. The first-order valence-corrected chi connectivity index (χ1v) is 7.94. The van der Waals surface area contributed by atoms with Gasteiger partial charge in [-0.2, -0.15) is 5.26 Å². The predicted molar refractivity (Wildman–Crippen MR) is 94.8 cm³/mol. The molecule has 24 heavy (non-hydrogen) atoms. The predicted octanol–water partition coefficient (Wildman–Crippen LogP) is 4.05. The molecule has 2 heterocycles. The van der Waals surface area contributed by atoms with Crippen LogP contribution in [-0.4, -0.2) is 9.55 Å². The maximum Gasteiger partial charge on any atom is 0.210 e. The summed E-state index contributed by atoms with van der Waals surface area (Å²) in [6, 6.07) is 14.6. The van der Waals surface area contributed by atoms with Crippen LogP contribution in [0.4, 0.5) is 5.95 Å². The van der Waals surface area contributed by atoms with Gasteiger partial charge in [0.2, 0.25) is 5.95 Å². The van der Waals surface area contributed by atoms with Crippen LogP contribution in [0.25, 0.3) is 11.0 Å². The molecule has 0 spiro atoms. The fourth-order valence-corrected chi connectivity index (χ4v) is 3.51.